The quantitative estimate of drug-likeness (QED) is 0.0169. The van der Waals surface area contributed by atoms with Gasteiger partial charge in [0.1, 0.15) is 19.3 Å². The van der Waals surface area contributed by atoms with Crippen LogP contribution in [0.2, 0.25) is 0 Å². The van der Waals surface area contributed by atoms with E-state index in [1.165, 1.54) is 38.5 Å². The number of rotatable bonds is 68. The molecule has 5 atom stereocenters. The summed E-state index contributed by atoms with van der Waals surface area (Å²) >= 11 is 0. The summed E-state index contributed by atoms with van der Waals surface area (Å²) in [6.45, 7) is 4.33. The van der Waals surface area contributed by atoms with E-state index in [0.717, 1.165) is 148 Å². The molecule has 0 fully saturated rings. The second-order valence-corrected chi connectivity index (χ2v) is 27.0. The lowest BCUT2D eigenvalue weighted by Crippen LogP contribution is -2.30. The number of phosphoric ester groups is 2. The van der Waals surface area contributed by atoms with Gasteiger partial charge in [-0.1, -0.05) is 270 Å². The van der Waals surface area contributed by atoms with Crippen molar-refractivity contribution < 1.29 is 80.2 Å². The van der Waals surface area contributed by atoms with Crippen LogP contribution in [0.25, 0.3) is 0 Å². The summed E-state index contributed by atoms with van der Waals surface area (Å²) in [5.41, 5.74) is 0. The van der Waals surface area contributed by atoms with E-state index in [1.54, 1.807) is 6.08 Å². The Morgan fingerprint density at radius 1 is 0.306 bits per heavy atom. The average Bonchev–Trinajstić information content (AvgIpc) is 0.982. The number of phosphoric acid groups is 2. The highest BCUT2D eigenvalue weighted by Gasteiger charge is 2.30. The van der Waals surface area contributed by atoms with E-state index in [4.69, 9.17) is 37.0 Å². The number of esters is 4. The molecule has 0 aliphatic carbocycles. The topological polar surface area (TPSA) is 237 Å². The Kier molecular flexibility index (Phi) is 66.7. The molecule has 3 N–H and O–H groups in total. The molecule has 0 saturated carbocycles. The fourth-order valence-corrected chi connectivity index (χ4v) is 10.9. The molecule has 0 aromatic rings. The van der Waals surface area contributed by atoms with Gasteiger partial charge >= 0.3 is 39.5 Å². The highest BCUT2D eigenvalue weighted by molar-refractivity contribution is 7.47. The SMILES string of the molecule is CC/C=C\C/C=C\C/C=C\C/C=C\C/C=C\CC(=O)OCC(COP(=O)(O)OCC(O)COP(=O)(O)OCC(COC(=O)CCCCCCCCC/C=C\C/C=C\C/C=C\CC)OC(=O)CCCCCCCCCCCCC)OC(=O)CCCC/C=C\C/C=C\C/C=C\C/C=C\CC. The van der Waals surface area contributed by atoms with E-state index < -0.39 is 97.5 Å². The summed E-state index contributed by atoms with van der Waals surface area (Å²) in [4.78, 5) is 72.7. The number of carbonyl (C=O) groups is 4. The van der Waals surface area contributed by atoms with Crippen LogP contribution in [-0.4, -0.2) is 96.7 Å². The Balaban J connectivity index is 5.43. The molecule has 0 rings (SSSR count). The number of aliphatic hydroxyl groups excluding tert-OH is 1. The number of ether oxygens (including phenoxy) is 4. The summed E-state index contributed by atoms with van der Waals surface area (Å²) < 4.78 is 68.2. The van der Waals surface area contributed by atoms with Crippen LogP contribution < -0.4 is 0 Å². The predicted molar refractivity (Wildman–Crippen MR) is 399 cm³/mol. The monoisotopic (exact) mass is 1410 g/mol. The smallest absolute Gasteiger partial charge is 0.462 e. The summed E-state index contributed by atoms with van der Waals surface area (Å²) in [6.07, 6.45) is 78.9. The van der Waals surface area contributed by atoms with Gasteiger partial charge in [-0.2, -0.15) is 0 Å². The summed E-state index contributed by atoms with van der Waals surface area (Å²) in [5.74, 6) is -2.39. The van der Waals surface area contributed by atoms with Crippen LogP contribution in [0.1, 0.15) is 272 Å². The van der Waals surface area contributed by atoms with Gasteiger partial charge in [0.05, 0.1) is 32.8 Å². The molecular weight excluding hydrogens is 1280 g/mol. The molecule has 0 aromatic heterocycles. The van der Waals surface area contributed by atoms with Crippen molar-refractivity contribution in [3.8, 4) is 0 Å². The van der Waals surface area contributed by atoms with Crippen molar-refractivity contribution in [2.75, 3.05) is 39.6 Å². The minimum absolute atomic E-state index is 0.0192. The molecule has 0 radical (unpaired) electrons. The maximum absolute atomic E-state index is 13.1. The lowest BCUT2D eigenvalue weighted by Gasteiger charge is -2.21. The van der Waals surface area contributed by atoms with Crippen LogP contribution in [0.3, 0.4) is 0 Å². The maximum atomic E-state index is 13.1. The first-order valence-corrected chi connectivity index (χ1v) is 40.1. The highest BCUT2D eigenvalue weighted by atomic mass is 31.2. The van der Waals surface area contributed by atoms with Crippen LogP contribution in [0.5, 0.6) is 0 Å². The van der Waals surface area contributed by atoms with Gasteiger partial charge in [0.2, 0.25) is 0 Å². The average molecular weight is 1410 g/mol. The van der Waals surface area contributed by atoms with Crippen LogP contribution in [0, 0.1) is 0 Å². The van der Waals surface area contributed by atoms with Crippen LogP contribution in [-0.2, 0) is 65.4 Å². The lowest BCUT2D eigenvalue weighted by molar-refractivity contribution is -0.161. The zero-order chi connectivity index (χ0) is 71.8. The molecule has 98 heavy (non-hydrogen) atoms. The van der Waals surface area contributed by atoms with Crippen LogP contribution in [0.15, 0.2) is 146 Å². The number of unbranched alkanes of at least 4 members (excludes halogenated alkanes) is 19. The Bertz CT molecular complexity index is 2430. The molecule has 558 valence electrons. The van der Waals surface area contributed by atoms with Gasteiger partial charge in [-0.15, -0.1) is 0 Å². The summed E-state index contributed by atoms with van der Waals surface area (Å²) in [6, 6.07) is 0. The molecule has 0 bridgehead atoms. The molecule has 17 nitrogen and oxygen atoms in total. The Hall–Kier alpha value is -5.06. The zero-order valence-electron chi connectivity index (χ0n) is 60.7. The summed E-state index contributed by atoms with van der Waals surface area (Å²) in [5, 5.41) is 10.6. The van der Waals surface area contributed by atoms with Gasteiger partial charge in [0.15, 0.2) is 12.2 Å². The fraction of sp³-hybridized carbons (Fsp3) is 0.646. The molecule has 0 spiro atoms. The molecule has 0 amide bonds. The number of allylic oxidation sites excluding steroid dienone is 23. The molecular formula is C79H130O17P2. The van der Waals surface area contributed by atoms with Gasteiger partial charge in [-0.25, -0.2) is 9.13 Å². The minimum atomic E-state index is -5.01. The van der Waals surface area contributed by atoms with Crippen molar-refractivity contribution in [2.24, 2.45) is 0 Å². The van der Waals surface area contributed by atoms with E-state index in [-0.39, 0.29) is 25.7 Å². The Morgan fingerprint density at radius 2 is 0.571 bits per heavy atom. The largest absolute Gasteiger partial charge is 0.472 e. The number of carbonyl (C=O) groups excluding carboxylic acids is 4. The van der Waals surface area contributed by atoms with E-state index in [1.807, 2.05) is 24.3 Å². The third-order valence-corrected chi connectivity index (χ3v) is 16.7. The predicted octanol–water partition coefficient (Wildman–Crippen LogP) is 21.1. The second kappa shape index (κ2) is 70.4. The molecule has 19 heteroatoms. The van der Waals surface area contributed by atoms with Crippen molar-refractivity contribution in [1.82, 2.24) is 0 Å². The third-order valence-electron chi connectivity index (χ3n) is 14.8. The van der Waals surface area contributed by atoms with Crippen molar-refractivity contribution in [3.05, 3.63) is 146 Å². The van der Waals surface area contributed by atoms with Crippen LogP contribution in [0.4, 0.5) is 0 Å². The van der Waals surface area contributed by atoms with E-state index >= 15 is 0 Å². The third kappa shape index (κ3) is 69.4. The second-order valence-electron chi connectivity index (χ2n) is 24.1. The molecule has 0 aromatic carbocycles. The normalized spacial score (nSPS) is 14.8. The van der Waals surface area contributed by atoms with Crippen molar-refractivity contribution in [2.45, 2.75) is 290 Å². The molecule has 0 heterocycles. The molecule has 0 aliphatic heterocycles. The van der Waals surface area contributed by atoms with E-state index in [2.05, 4.69) is 143 Å². The van der Waals surface area contributed by atoms with E-state index in [9.17, 15) is 43.2 Å². The number of hydrogen-bond acceptors (Lipinski definition) is 15. The van der Waals surface area contributed by atoms with Crippen molar-refractivity contribution in [1.29, 1.82) is 0 Å². The first kappa shape index (κ1) is 92.9. The molecule has 5 unspecified atom stereocenters. The van der Waals surface area contributed by atoms with Gasteiger partial charge in [-0.05, 0) is 122 Å². The minimum Gasteiger partial charge on any atom is -0.462 e. The van der Waals surface area contributed by atoms with Crippen molar-refractivity contribution in [3.63, 3.8) is 0 Å². The van der Waals surface area contributed by atoms with Gasteiger partial charge in [0.25, 0.3) is 0 Å². The first-order chi connectivity index (χ1) is 47.7. The Labute approximate surface area is 592 Å². The first-order valence-electron chi connectivity index (χ1n) is 37.1. The molecule has 0 saturated heterocycles. The van der Waals surface area contributed by atoms with Gasteiger partial charge in [0, 0.05) is 19.3 Å². The number of aliphatic hydroxyl groups is 1. The standard InChI is InChI=1S/C79H130O17P2/c1-5-9-13-17-21-25-29-32-35-36-39-41-45-48-52-56-60-64-77(82)89-69-74(95-78(83)65-61-57-53-49-43-28-24-20-16-12-8-4)71-93-97(85,86)91-67-73(80)68-92-98(87,88)94-72-75(96-79(84)66-62-58-54-50-46-42-38-34-31-27-23-19-15-11-7-3)70-90-76(81)63-59-55-51-47-44-40-37-33-30-26-22-18-14-10-6-2/h9-11,13-15,21-23,25-27,32-35,37-38,44,46-47,50,55,59,73-75,80H,5-8,12,16-20,24,28-31,36,39-43,45,48-49,51-54,56-58,60-72H2,1-4H3,(H,85,86)(H,87,88)/b13-9-,14-10-,15-11-,25-21-,26-22-,27-23-,35-32-,37-33-,38-34-,47-44-,50-46-,59-55-. The lowest BCUT2D eigenvalue weighted by atomic mass is 10.1. The zero-order valence-corrected chi connectivity index (χ0v) is 62.4. The van der Waals surface area contributed by atoms with Crippen LogP contribution >= 0.6 is 15.6 Å². The van der Waals surface area contributed by atoms with E-state index in [0.29, 0.717) is 32.1 Å². The maximum Gasteiger partial charge on any atom is 0.472 e. The number of hydrogen-bond donors (Lipinski definition) is 3. The highest BCUT2D eigenvalue weighted by Crippen LogP contribution is 2.45. The summed E-state index contributed by atoms with van der Waals surface area (Å²) in [7, 11) is -9.99. The van der Waals surface area contributed by atoms with Crippen molar-refractivity contribution >= 4 is 39.5 Å². The fourth-order valence-electron chi connectivity index (χ4n) is 9.30. The Morgan fingerprint density at radius 3 is 0.929 bits per heavy atom. The molecule has 0 aliphatic rings. The van der Waals surface area contributed by atoms with Gasteiger partial charge in [-0.3, -0.25) is 37.3 Å². The van der Waals surface area contributed by atoms with Gasteiger partial charge < -0.3 is 33.8 Å².